The van der Waals surface area contributed by atoms with Gasteiger partial charge in [0.2, 0.25) is 10.0 Å². The molecular weight excluding hydrogens is 284 g/mol. The number of rotatable bonds is 3. The Bertz CT molecular complexity index is 729. The molecule has 2 heterocycles. The SMILES string of the molecule is CCS(=O)(=O)N1CCc2ccccc2C1c1ccncc1. The largest absolute Gasteiger partial charge is 0.265 e. The molecule has 4 nitrogen and oxygen atoms in total. The van der Waals surface area contributed by atoms with Crippen molar-refractivity contribution in [3.05, 3.63) is 65.5 Å². The van der Waals surface area contributed by atoms with Crippen LogP contribution in [0.1, 0.15) is 29.7 Å². The zero-order valence-corrected chi connectivity index (χ0v) is 12.8. The predicted octanol–water partition coefficient (Wildman–Crippen LogP) is 2.38. The van der Waals surface area contributed by atoms with E-state index >= 15 is 0 Å². The van der Waals surface area contributed by atoms with Crippen LogP contribution in [0.25, 0.3) is 0 Å². The number of nitrogens with zero attached hydrogens (tertiary/aromatic N) is 2. The van der Waals surface area contributed by atoms with Crippen LogP contribution >= 0.6 is 0 Å². The van der Waals surface area contributed by atoms with Crippen molar-refractivity contribution in [3.8, 4) is 0 Å². The fourth-order valence-corrected chi connectivity index (χ4v) is 4.16. The molecule has 1 aromatic carbocycles. The van der Waals surface area contributed by atoms with Crippen molar-refractivity contribution in [1.29, 1.82) is 0 Å². The fraction of sp³-hybridized carbons (Fsp3) is 0.312. The van der Waals surface area contributed by atoms with E-state index in [1.54, 1.807) is 23.6 Å². The summed E-state index contributed by atoms with van der Waals surface area (Å²) in [6.45, 7) is 2.22. The topological polar surface area (TPSA) is 50.3 Å². The minimum Gasteiger partial charge on any atom is -0.265 e. The molecule has 0 bridgehead atoms. The van der Waals surface area contributed by atoms with Crippen molar-refractivity contribution in [2.75, 3.05) is 12.3 Å². The number of aromatic nitrogens is 1. The molecule has 1 atom stereocenters. The van der Waals surface area contributed by atoms with Crippen molar-refractivity contribution < 1.29 is 8.42 Å². The van der Waals surface area contributed by atoms with E-state index < -0.39 is 10.0 Å². The molecule has 21 heavy (non-hydrogen) atoms. The Labute approximate surface area is 125 Å². The average molecular weight is 302 g/mol. The van der Waals surface area contributed by atoms with Crippen molar-refractivity contribution >= 4 is 10.0 Å². The molecular formula is C16H18N2O2S. The maximum absolute atomic E-state index is 12.5. The molecule has 0 amide bonds. The highest BCUT2D eigenvalue weighted by Crippen LogP contribution is 2.36. The predicted molar refractivity (Wildman–Crippen MR) is 82.4 cm³/mol. The normalized spacial score (nSPS) is 19.2. The molecule has 0 N–H and O–H groups in total. The average Bonchev–Trinajstić information content (AvgIpc) is 2.54. The minimum absolute atomic E-state index is 0.122. The van der Waals surface area contributed by atoms with Gasteiger partial charge >= 0.3 is 0 Å². The zero-order valence-electron chi connectivity index (χ0n) is 11.9. The van der Waals surface area contributed by atoms with Crippen LogP contribution < -0.4 is 0 Å². The smallest absolute Gasteiger partial charge is 0.214 e. The summed E-state index contributed by atoms with van der Waals surface area (Å²) >= 11 is 0. The fourth-order valence-electron chi connectivity index (χ4n) is 2.90. The first-order chi connectivity index (χ1) is 10.1. The van der Waals surface area contributed by atoms with Crippen LogP contribution in [0.3, 0.4) is 0 Å². The van der Waals surface area contributed by atoms with Crippen LogP contribution in [0.4, 0.5) is 0 Å². The van der Waals surface area contributed by atoms with E-state index in [1.807, 2.05) is 30.3 Å². The third kappa shape index (κ3) is 2.59. The van der Waals surface area contributed by atoms with Gasteiger partial charge in [-0.2, -0.15) is 4.31 Å². The van der Waals surface area contributed by atoms with Gasteiger partial charge in [-0.1, -0.05) is 24.3 Å². The van der Waals surface area contributed by atoms with E-state index in [4.69, 9.17) is 0 Å². The number of sulfonamides is 1. The van der Waals surface area contributed by atoms with E-state index in [0.29, 0.717) is 6.54 Å². The highest BCUT2D eigenvalue weighted by molar-refractivity contribution is 7.89. The van der Waals surface area contributed by atoms with E-state index in [0.717, 1.165) is 17.5 Å². The second kappa shape index (κ2) is 5.58. The van der Waals surface area contributed by atoms with Crippen molar-refractivity contribution in [2.45, 2.75) is 19.4 Å². The van der Waals surface area contributed by atoms with E-state index in [-0.39, 0.29) is 11.8 Å². The molecule has 1 aliphatic heterocycles. The lowest BCUT2D eigenvalue weighted by Gasteiger charge is -2.36. The summed E-state index contributed by atoms with van der Waals surface area (Å²) in [5, 5.41) is 0. The van der Waals surface area contributed by atoms with Crippen LogP contribution in [0.2, 0.25) is 0 Å². The maximum Gasteiger partial charge on any atom is 0.214 e. The number of fused-ring (bicyclic) bond motifs is 1. The molecule has 0 aliphatic carbocycles. The van der Waals surface area contributed by atoms with Gasteiger partial charge < -0.3 is 0 Å². The molecule has 0 fully saturated rings. The molecule has 3 rings (SSSR count). The summed E-state index contributed by atoms with van der Waals surface area (Å²) in [5.74, 6) is 0.122. The van der Waals surface area contributed by atoms with E-state index in [1.165, 1.54) is 5.56 Å². The van der Waals surface area contributed by atoms with Gasteiger partial charge in [-0.25, -0.2) is 8.42 Å². The van der Waals surface area contributed by atoms with Crippen molar-refractivity contribution in [2.24, 2.45) is 0 Å². The Kier molecular flexibility index (Phi) is 3.78. The van der Waals surface area contributed by atoms with Gasteiger partial charge in [0.25, 0.3) is 0 Å². The number of hydrogen-bond donors (Lipinski definition) is 0. The van der Waals surface area contributed by atoms with Gasteiger partial charge in [0.1, 0.15) is 0 Å². The lowest BCUT2D eigenvalue weighted by molar-refractivity contribution is 0.344. The first-order valence-electron chi connectivity index (χ1n) is 7.10. The van der Waals surface area contributed by atoms with Crippen molar-refractivity contribution in [1.82, 2.24) is 9.29 Å². The van der Waals surface area contributed by atoms with Gasteiger partial charge in [-0.15, -0.1) is 0 Å². The first kappa shape index (κ1) is 14.2. The van der Waals surface area contributed by atoms with Crippen LogP contribution in [0.5, 0.6) is 0 Å². The summed E-state index contributed by atoms with van der Waals surface area (Å²) in [4.78, 5) is 4.04. The zero-order chi connectivity index (χ0) is 14.9. The minimum atomic E-state index is -3.25. The first-order valence-corrected chi connectivity index (χ1v) is 8.71. The molecule has 110 valence electrons. The molecule has 0 radical (unpaired) electrons. The third-order valence-electron chi connectivity index (χ3n) is 3.98. The standard InChI is InChI=1S/C16H18N2O2S/c1-2-21(19,20)18-12-9-13-5-3-4-6-15(13)16(18)14-7-10-17-11-8-14/h3-8,10-11,16H,2,9,12H2,1H3. The van der Waals surface area contributed by atoms with Crippen LogP contribution in [-0.2, 0) is 16.4 Å². The van der Waals surface area contributed by atoms with Crippen LogP contribution in [0.15, 0.2) is 48.8 Å². The van der Waals surface area contributed by atoms with E-state index in [2.05, 4.69) is 11.1 Å². The number of benzene rings is 1. The quantitative estimate of drug-likeness (QED) is 0.874. The summed E-state index contributed by atoms with van der Waals surface area (Å²) in [7, 11) is -3.25. The van der Waals surface area contributed by atoms with Crippen LogP contribution in [0, 0.1) is 0 Å². The van der Waals surface area contributed by atoms with Crippen LogP contribution in [-0.4, -0.2) is 30.0 Å². The monoisotopic (exact) mass is 302 g/mol. The number of hydrogen-bond acceptors (Lipinski definition) is 3. The second-order valence-electron chi connectivity index (χ2n) is 5.14. The van der Waals surface area contributed by atoms with Gasteiger partial charge in [-0.3, -0.25) is 4.98 Å². The highest BCUT2D eigenvalue weighted by atomic mass is 32.2. The number of pyridine rings is 1. The summed E-state index contributed by atoms with van der Waals surface area (Å²) in [6, 6.07) is 11.6. The molecule has 1 aromatic heterocycles. The Hall–Kier alpha value is -1.72. The third-order valence-corrected chi connectivity index (χ3v) is 5.82. The van der Waals surface area contributed by atoms with Gasteiger partial charge in [0, 0.05) is 18.9 Å². The van der Waals surface area contributed by atoms with E-state index in [9.17, 15) is 8.42 Å². The molecule has 0 spiro atoms. The highest BCUT2D eigenvalue weighted by Gasteiger charge is 2.35. The Morgan fingerprint density at radius 1 is 1.19 bits per heavy atom. The molecule has 0 saturated heterocycles. The van der Waals surface area contributed by atoms with Gasteiger partial charge in [-0.05, 0) is 42.2 Å². The Morgan fingerprint density at radius 3 is 2.62 bits per heavy atom. The Morgan fingerprint density at radius 2 is 1.90 bits per heavy atom. The Balaban J connectivity index is 2.16. The molecule has 5 heteroatoms. The van der Waals surface area contributed by atoms with Crippen molar-refractivity contribution in [3.63, 3.8) is 0 Å². The molecule has 1 aliphatic rings. The summed E-state index contributed by atoms with van der Waals surface area (Å²) < 4.78 is 26.5. The maximum atomic E-state index is 12.5. The lowest BCUT2D eigenvalue weighted by Crippen LogP contribution is -2.41. The molecule has 2 aromatic rings. The van der Waals surface area contributed by atoms with Gasteiger partial charge in [0.05, 0.1) is 11.8 Å². The summed E-state index contributed by atoms with van der Waals surface area (Å²) in [6.07, 6.45) is 4.18. The summed E-state index contributed by atoms with van der Waals surface area (Å²) in [5.41, 5.74) is 3.27. The molecule has 0 saturated carbocycles. The second-order valence-corrected chi connectivity index (χ2v) is 7.35. The molecule has 1 unspecified atom stereocenters. The lowest BCUT2D eigenvalue weighted by atomic mass is 9.90. The van der Waals surface area contributed by atoms with Gasteiger partial charge in [0.15, 0.2) is 0 Å².